The Balaban J connectivity index is 1.46. The van der Waals surface area contributed by atoms with Crippen molar-refractivity contribution in [2.75, 3.05) is 23.5 Å². The lowest BCUT2D eigenvalue weighted by Crippen LogP contribution is -2.30. The van der Waals surface area contributed by atoms with Gasteiger partial charge in [-0.2, -0.15) is 0 Å². The Morgan fingerprint density at radius 3 is 2.27 bits per heavy atom. The van der Waals surface area contributed by atoms with Gasteiger partial charge in [0.05, 0.1) is 12.9 Å². The lowest BCUT2D eigenvalue weighted by atomic mass is 10.1. The van der Waals surface area contributed by atoms with E-state index in [9.17, 15) is 14.4 Å². The number of thioether (sulfide) groups is 1. The molecular weight excluding hydrogens is 522 g/mol. The van der Waals surface area contributed by atoms with Gasteiger partial charge in [-0.3, -0.25) is 14.4 Å². The second kappa shape index (κ2) is 13.8. The second-order valence-electron chi connectivity index (χ2n) is 8.79. The van der Waals surface area contributed by atoms with Crippen LogP contribution in [0.2, 0.25) is 0 Å². The molecule has 0 unspecified atom stereocenters. The number of nitrogens with one attached hydrogen (secondary N) is 3. The molecule has 0 aliphatic rings. The monoisotopic (exact) mass is 551 g/mol. The van der Waals surface area contributed by atoms with Gasteiger partial charge in [-0.05, 0) is 72.7 Å². The van der Waals surface area contributed by atoms with Crippen molar-refractivity contribution >= 4 is 46.9 Å². The summed E-state index contributed by atoms with van der Waals surface area (Å²) in [6.07, 6.45) is 1.60. The van der Waals surface area contributed by atoms with Crippen molar-refractivity contribution in [2.45, 2.75) is 11.8 Å². The number of methoxy groups -OCH3 is 1. The molecule has 4 aromatic carbocycles. The fourth-order valence-corrected chi connectivity index (χ4v) is 4.47. The largest absolute Gasteiger partial charge is 0.497 e. The molecular formula is C32H29N3O4S. The van der Waals surface area contributed by atoms with E-state index in [1.54, 1.807) is 79.9 Å². The van der Waals surface area contributed by atoms with Crippen LogP contribution >= 0.6 is 11.8 Å². The summed E-state index contributed by atoms with van der Waals surface area (Å²) in [6, 6.07) is 30.6. The van der Waals surface area contributed by atoms with E-state index in [0.717, 1.165) is 16.1 Å². The molecule has 40 heavy (non-hydrogen) atoms. The summed E-state index contributed by atoms with van der Waals surface area (Å²) in [6.45, 7) is 1.94. The minimum Gasteiger partial charge on any atom is -0.497 e. The lowest BCUT2D eigenvalue weighted by Gasteiger charge is -2.12. The normalized spacial score (nSPS) is 10.9. The highest BCUT2D eigenvalue weighted by Gasteiger charge is 2.15. The van der Waals surface area contributed by atoms with Gasteiger partial charge in [0.25, 0.3) is 11.8 Å². The van der Waals surface area contributed by atoms with Gasteiger partial charge in [0, 0.05) is 21.8 Å². The van der Waals surface area contributed by atoms with Crippen molar-refractivity contribution in [2.24, 2.45) is 0 Å². The third-order valence-corrected chi connectivity index (χ3v) is 6.83. The highest BCUT2D eigenvalue weighted by molar-refractivity contribution is 8.00. The first-order valence-corrected chi connectivity index (χ1v) is 13.5. The van der Waals surface area contributed by atoms with E-state index in [1.807, 2.05) is 43.3 Å². The van der Waals surface area contributed by atoms with Crippen molar-refractivity contribution < 1.29 is 19.1 Å². The summed E-state index contributed by atoms with van der Waals surface area (Å²) in [4.78, 5) is 39.5. The average Bonchev–Trinajstić information content (AvgIpc) is 2.98. The highest BCUT2D eigenvalue weighted by Crippen LogP contribution is 2.23. The molecule has 0 spiro atoms. The van der Waals surface area contributed by atoms with Gasteiger partial charge >= 0.3 is 0 Å². The maximum absolute atomic E-state index is 13.3. The average molecular weight is 552 g/mol. The van der Waals surface area contributed by atoms with E-state index >= 15 is 0 Å². The quantitative estimate of drug-likeness (QED) is 0.162. The molecule has 0 aliphatic heterocycles. The minimum atomic E-state index is -0.487. The molecule has 7 nitrogen and oxygen atoms in total. The summed E-state index contributed by atoms with van der Waals surface area (Å²) in [5, 5.41) is 8.51. The standard InChI is InChI=1S/C32H29N3O4S/c1-22-9-6-7-14-28(22)34-30(36)21-40-27-13-8-12-25(20-27)33-32(38)29(19-23-15-17-26(39-2)18-16-23)35-31(37)24-10-4-3-5-11-24/h3-20H,21H2,1-2H3,(H,33,38)(H,34,36)(H,35,37)/b29-19+. The second-order valence-corrected chi connectivity index (χ2v) is 9.83. The van der Waals surface area contributed by atoms with Crippen molar-refractivity contribution in [1.82, 2.24) is 5.32 Å². The molecule has 202 valence electrons. The summed E-state index contributed by atoms with van der Waals surface area (Å²) >= 11 is 1.36. The zero-order valence-electron chi connectivity index (χ0n) is 22.1. The highest BCUT2D eigenvalue weighted by atomic mass is 32.2. The van der Waals surface area contributed by atoms with Crippen molar-refractivity contribution in [3.63, 3.8) is 0 Å². The zero-order valence-corrected chi connectivity index (χ0v) is 23.0. The minimum absolute atomic E-state index is 0.0784. The Bertz CT molecular complexity index is 1520. The molecule has 0 aliphatic carbocycles. The maximum Gasteiger partial charge on any atom is 0.272 e. The van der Waals surface area contributed by atoms with Gasteiger partial charge < -0.3 is 20.7 Å². The molecule has 8 heteroatoms. The molecule has 0 aromatic heterocycles. The van der Waals surface area contributed by atoms with Gasteiger partial charge in [0.2, 0.25) is 5.91 Å². The number of ether oxygens (including phenoxy) is 1. The molecule has 0 fully saturated rings. The Morgan fingerprint density at radius 1 is 0.825 bits per heavy atom. The number of para-hydroxylation sites is 1. The van der Waals surface area contributed by atoms with Crippen LogP contribution in [0.4, 0.5) is 11.4 Å². The van der Waals surface area contributed by atoms with Crippen molar-refractivity contribution in [3.8, 4) is 5.75 Å². The number of benzene rings is 4. The van der Waals surface area contributed by atoms with Crippen molar-refractivity contribution in [3.05, 3.63) is 126 Å². The van der Waals surface area contributed by atoms with Gasteiger partial charge in [-0.25, -0.2) is 0 Å². The maximum atomic E-state index is 13.3. The fourth-order valence-electron chi connectivity index (χ4n) is 3.72. The number of rotatable bonds is 10. The molecule has 0 radical (unpaired) electrons. The van der Waals surface area contributed by atoms with Crippen LogP contribution < -0.4 is 20.7 Å². The first-order valence-electron chi connectivity index (χ1n) is 12.5. The number of carbonyl (C=O) groups is 3. The fraction of sp³-hybridized carbons (Fsp3) is 0.0938. The van der Waals surface area contributed by atoms with Gasteiger partial charge in [-0.1, -0.05) is 54.6 Å². The Labute approximate surface area is 237 Å². The lowest BCUT2D eigenvalue weighted by molar-refractivity contribution is -0.114. The van der Waals surface area contributed by atoms with Crippen molar-refractivity contribution in [1.29, 1.82) is 0 Å². The molecule has 0 saturated carbocycles. The van der Waals surface area contributed by atoms with E-state index in [1.165, 1.54) is 11.8 Å². The molecule has 0 saturated heterocycles. The number of amides is 3. The van der Waals surface area contributed by atoms with E-state index < -0.39 is 11.8 Å². The first-order chi connectivity index (χ1) is 19.4. The van der Waals surface area contributed by atoms with E-state index in [-0.39, 0.29) is 17.4 Å². The molecule has 0 bridgehead atoms. The number of hydrogen-bond acceptors (Lipinski definition) is 5. The van der Waals surface area contributed by atoms with Crippen LogP contribution in [0.5, 0.6) is 5.75 Å². The topological polar surface area (TPSA) is 96.5 Å². The predicted molar refractivity (Wildman–Crippen MR) is 160 cm³/mol. The SMILES string of the molecule is COc1ccc(/C=C(/NC(=O)c2ccccc2)C(=O)Nc2cccc(SCC(=O)Nc3ccccc3C)c2)cc1. The summed E-state index contributed by atoms with van der Waals surface area (Å²) < 4.78 is 5.21. The van der Waals surface area contributed by atoms with Crippen LogP contribution in [0.1, 0.15) is 21.5 Å². The molecule has 0 heterocycles. The van der Waals surface area contributed by atoms with Crippen LogP contribution in [-0.4, -0.2) is 30.6 Å². The number of carbonyl (C=O) groups excluding carboxylic acids is 3. The summed E-state index contributed by atoms with van der Waals surface area (Å²) in [5.74, 6) is -0.124. The number of anilines is 2. The molecule has 4 aromatic rings. The smallest absolute Gasteiger partial charge is 0.272 e. The van der Waals surface area contributed by atoms with Crippen LogP contribution in [0, 0.1) is 6.92 Å². The number of hydrogen-bond donors (Lipinski definition) is 3. The molecule has 3 N–H and O–H groups in total. The van der Waals surface area contributed by atoms with Gasteiger partial charge in [0.15, 0.2) is 0 Å². The Morgan fingerprint density at radius 2 is 1.55 bits per heavy atom. The molecule has 0 atom stereocenters. The summed E-state index contributed by atoms with van der Waals surface area (Å²) in [7, 11) is 1.58. The van der Waals surface area contributed by atoms with Crippen LogP contribution in [-0.2, 0) is 9.59 Å². The van der Waals surface area contributed by atoms with Gasteiger partial charge in [0.1, 0.15) is 11.4 Å². The first kappa shape index (κ1) is 28.2. The zero-order chi connectivity index (χ0) is 28.3. The molecule has 3 amide bonds. The number of aryl methyl sites for hydroxylation is 1. The molecule has 4 rings (SSSR count). The van der Waals surface area contributed by atoms with E-state index in [4.69, 9.17) is 4.74 Å². The Kier molecular flexibility index (Phi) is 9.74. The van der Waals surface area contributed by atoms with E-state index in [2.05, 4.69) is 16.0 Å². The third-order valence-electron chi connectivity index (χ3n) is 5.84. The van der Waals surface area contributed by atoms with Crippen LogP contribution in [0.3, 0.4) is 0 Å². The van der Waals surface area contributed by atoms with Crippen LogP contribution in [0.15, 0.2) is 114 Å². The van der Waals surface area contributed by atoms with Gasteiger partial charge in [-0.15, -0.1) is 11.8 Å². The summed E-state index contributed by atoms with van der Waals surface area (Å²) in [5.41, 5.74) is 3.52. The predicted octanol–water partition coefficient (Wildman–Crippen LogP) is 6.14. The van der Waals surface area contributed by atoms with Crippen LogP contribution in [0.25, 0.3) is 6.08 Å². The van der Waals surface area contributed by atoms with E-state index in [0.29, 0.717) is 22.6 Å². The third kappa shape index (κ3) is 8.09. The Hall–Kier alpha value is -4.82.